The third-order valence-corrected chi connectivity index (χ3v) is 4.98. The average Bonchev–Trinajstić information content (AvgIpc) is 3.27. The minimum atomic E-state index is -0.00375. The Labute approximate surface area is 147 Å². The molecular formula is C20H21N3O2. The minimum absolute atomic E-state index is 0.00375. The fourth-order valence-corrected chi connectivity index (χ4v) is 3.68. The van der Waals surface area contributed by atoms with Gasteiger partial charge in [0.05, 0.1) is 18.9 Å². The van der Waals surface area contributed by atoms with Gasteiger partial charge < -0.3 is 14.2 Å². The molecule has 0 spiro atoms. The molecule has 1 unspecified atom stereocenters. The molecule has 2 aliphatic heterocycles. The van der Waals surface area contributed by atoms with Crippen molar-refractivity contribution in [3.05, 3.63) is 41.7 Å². The third kappa shape index (κ3) is 2.94. The van der Waals surface area contributed by atoms with Gasteiger partial charge in [0.15, 0.2) is 5.69 Å². The molecule has 1 amide bonds. The number of terminal acetylenes is 1. The topological polar surface area (TPSA) is 47.4 Å². The molecule has 2 aromatic rings. The summed E-state index contributed by atoms with van der Waals surface area (Å²) in [6.07, 6.45) is 7.11. The van der Waals surface area contributed by atoms with Gasteiger partial charge in [-0.05, 0) is 12.3 Å². The lowest BCUT2D eigenvalue weighted by Crippen LogP contribution is -2.30. The SMILES string of the molecule is C#CCC1CCN(C(=O)c2nc(-c3ccccc3)n3c2COCC3)C1. The minimum Gasteiger partial charge on any atom is -0.373 e. The first-order valence-corrected chi connectivity index (χ1v) is 8.73. The molecule has 1 fully saturated rings. The lowest BCUT2D eigenvalue weighted by molar-refractivity contribution is 0.0733. The van der Waals surface area contributed by atoms with Crippen molar-refractivity contribution in [3.63, 3.8) is 0 Å². The second-order valence-corrected chi connectivity index (χ2v) is 6.62. The van der Waals surface area contributed by atoms with E-state index in [1.165, 1.54) is 0 Å². The van der Waals surface area contributed by atoms with Crippen molar-refractivity contribution in [3.8, 4) is 23.7 Å². The molecule has 25 heavy (non-hydrogen) atoms. The average molecular weight is 335 g/mol. The number of aromatic nitrogens is 2. The molecular weight excluding hydrogens is 314 g/mol. The van der Waals surface area contributed by atoms with Crippen LogP contribution >= 0.6 is 0 Å². The molecule has 4 rings (SSSR count). The first-order valence-electron chi connectivity index (χ1n) is 8.73. The van der Waals surface area contributed by atoms with E-state index in [2.05, 4.69) is 10.5 Å². The highest BCUT2D eigenvalue weighted by Gasteiger charge is 2.32. The van der Waals surface area contributed by atoms with Gasteiger partial charge in [0.1, 0.15) is 5.82 Å². The van der Waals surface area contributed by atoms with Crippen LogP contribution in [0.5, 0.6) is 0 Å². The number of amides is 1. The molecule has 1 aromatic carbocycles. The van der Waals surface area contributed by atoms with Crippen molar-refractivity contribution in [1.82, 2.24) is 14.5 Å². The Balaban J connectivity index is 1.67. The van der Waals surface area contributed by atoms with E-state index < -0.39 is 0 Å². The van der Waals surface area contributed by atoms with E-state index in [0.717, 1.165) is 49.6 Å². The zero-order valence-corrected chi connectivity index (χ0v) is 14.1. The Hall–Kier alpha value is -2.58. The van der Waals surface area contributed by atoms with Gasteiger partial charge in [-0.15, -0.1) is 12.3 Å². The van der Waals surface area contributed by atoms with Gasteiger partial charge in [0.2, 0.25) is 0 Å². The summed E-state index contributed by atoms with van der Waals surface area (Å²) in [7, 11) is 0. The highest BCUT2D eigenvalue weighted by molar-refractivity contribution is 5.94. The normalized spacial score (nSPS) is 19.5. The Bertz CT molecular complexity index is 819. The third-order valence-electron chi connectivity index (χ3n) is 4.98. The second kappa shape index (κ2) is 6.73. The summed E-state index contributed by atoms with van der Waals surface area (Å²) in [4.78, 5) is 19.7. The number of hydrogen-bond acceptors (Lipinski definition) is 3. The summed E-state index contributed by atoms with van der Waals surface area (Å²) in [5, 5.41) is 0. The molecule has 5 nitrogen and oxygen atoms in total. The predicted molar refractivity (Wildman–Crippen MR) is 94.8 cm³/mol. The Morgan fingerprint density at radius 1 is 1.32 bits per heavy atom. The number of hydrogen-bond donors (Lipinski definition) is 0. The van der Waals surface area contributed by atoms with Gasteiger partial charge in [-0.1, -0.05) is 30.3 Å². The molecule has 0 radical (unpaired) electrons. The Kier molecular flexibility index (Phi) is 4.29. The zero-order valence-electron chi connectivity index (χ0n) is 14.1. The van der Waals surface area contributed by atoms with Crippen LogP contribution in [0.25, 0.3) is 11.4 Å². The Morgan fingerprint density at radius 2 is 2.16 bits per heavy atom. The van der Waals surface area contributed by atoms with Crippen molar-refractivity contribution < 1.29 is 9.53 Å². The monoisotopic (exact) mass is 335 g/mol. The number of nitrogens with zero attached hydrogens (tertiary/aromatic N) is 3. The van der Waals surface area contributed by atoms with Crippen LogP contribution in [0.2, 0.25) is 0 Å². The number of imidazole rings is 1. The van der Waals surface area contributed by atoms with Gasteiger partial charge in [-0.25, -0.2) is 4.98 Å². The molecule has 0 aliphatic carbocycles. The van der Waals surface area contributed by atoms with Gasteiger partial charge in [-0.3, -0.25) is 4.79 Å². The smallest absolute Gasteiger partial charge is 0.274 e. The lowest BCUT2D eigenvalue weighted by atomic mass is 10.1. The quantitative estimate of drug-likeness (QED) is 0.810. The number of ether oxygens (including phenoxy) is 1. The summed E-state index contributed by atoms with van der Waals surface area (Å²) >= 11 is 0. The maximum atomic E-state index is 13.1. The summed E-state index contributed by atoms with van der Waals surface area (Å²) in [5.74, 6) is 3.95. The molecule has 128 valence electrons. The second-order valence-electron chi connectivity index (χ2n) is 6.62. The molecule has 0 saturated carbocycles. The lowest BCUT2D eigenvalue weighted by Gasteiger charge is -2.19. The molecule has 1 atom stereocenters. The number of carbonyl (C=O) groups is 1. The number of fused-ring (bicyclic) bond motifs is 1. The first-order chi connectivity index (χ1) is 12.3. The van der Waals surface area contributed by atoms with E-state index >= 15 is 0 Å². The van der Waals surface area contributed by atoms with Gasteiger partial charge in [0, 0.05) is 31.6 Å². The zero-order chi connectivity index (χ0) is 17.2. The fraction of sp³-hybridized carbons (Fsp3) is 0.400. The number of rotatable bonds is 3. The van der Waals surface area contributed by atoms with Crippen LogP contribution < -0.4 is 0 Å². The molecule has 1 saturated heterocycles. The van der Waals surface area contributed by atoms with E-state index in [9.17, 15) is 4.79 Å². The summed E-state index contributed by atoms with van der Waals surface area (Å²) < 4.78 is 7.73. The van der Waals surface area contributed by atoms with Gasteiger partial charge in [-0.2, -0.15) is 0 Å². The van der Waals surface area contributed by atoms with Crippen LogP contribution in [0.15, 0.2) is 30.3 Å². The molecule has 2 aliphatic rings. The van der Waals surface area contributed by atoms with Crippen LogP contribution in [0, 0.1) is 18.3 Å². The van der Waals surface area contributed by atoms with Crippen LogP contribution in [0.4, 0.5) is 0 Å². The summed E-state index contributed by atoms with van der Waals surface area (Å²) in [5.41, 5.74) is 2.44. The van der Waals surface area contributed by atoms with Crippen molar-refractivity contribution in [2.24, 2.45) is 5.92 Å². The molecule has 0 N–H and O–H groups in total. The molecule has 5 heteroatoms. The number of benzene rings is 1. The standard InChI is InChI=1S/C20H21N3O2/c1-2-6-15-9-10-22(13-15)20(24)18-17-14-25-12-11-23(17)19(21-18)16-7-4-3-5-8-16/h1,3-5,7-8,15H,6,9-14H2. The van der Waals surface area contributed by atoms with E-state index in [0.29, 0.717) is 24.8 Å². The van der Waals surface area contributed by atoms with Gasteiger partial charge >= 0.3 is 0 Å². The van der Waals surface area contributed by atoms with E-state index in [1.54, 1.807) is 0 Å². The van der Waals surface area contributed by atoms with E-state index in [-0.39, 0.29) is 5.91 Å². The number of carbonyl (C=O) groups excluding carboxylic acids is 1. The van der Waals surface area contributed by atoms with Crippen molar-refractivity contribution >= 4 is 5.91 Å². The molecule has 0 bridgehead atoms. The highest BCUT2D eigenvalue weighted by Crippen LogP contribution is 2.28. The predicted octanol–water partition coefficient (Wildman–Crippen LogP) is 2.57. The maximum Gasteiger partial charge on any atom is 0.274 e. The molecule has 3 heterocycles. The Morgan fingerprint density at radius 3 is 2.96 bits per heavy atom. The summed E-state index contributed by atoms with van der Waals surface area (Å²) in [6, 6.07) is 10.0. The van der Waals surface area contributed by atoms with Crippen molar-refractivity contribution in [2.45, 2.75) is 26.0 Å². The fourth-order valence-electron chi connectivity index (χ4n) is 3.68. The van der Waals surface area contributed by atoms with Crippen LogP contribution in [-0.4, -0.2) is 40.1 Å². The summed E-state index contributed by atoms with van der Waals surface area (Å²) in [6.45, 7) is 3.27. The van der Waals surface area contributed by atoms with Crippen LogP contribution in [0.3, 0.4) is 0 Å². The van der Waals surface area contributed by atoms with E-state index in [1.807, 2.05) is 35.2 Å². The highest BCUT2D eigenvalue weighted by atomic mass is 16.5. The van der Waals surface area contributed by atoms with Crippen LogP contribution in [0.1, 0.15) is 29.0 Å². The van der Waals surface area contributed by atoms with Gasteiger partial charge in [0.25, 0.3) is 5.91 Å². The van der Waals surface area contributed by atoms with Crippen LogP contribution in [-0.2, 0) is 17.9 Å². The largest absolute Gasteiger partial charge is 0.373 e. The van der Waals surface area contributed by atoms with Crippen molar-refractivity contribution in [2.75, 3.05) is 19.7 Å². The maximum absolute atomic E-state index is 13.1. The number of likely N-dealkylation sites (tertiary alicyclic amines) is 1. The molecule has 1 aromatic heterocycles. The van der Waals surface area contributed by atoms with E-state index in [4.69, 9.17) is 16.1 Å². The van der Waals surface area contributed by atoms with Crippen molar-refractivity contribution in [1.29, 1.82) is 0 Å². The first kappa shape index (κ1) is 15.9.